The van der Waals surface area contributed by atoms with E-state index < -0.39 is 23.3 Å². The highest BCUT2D eigenvalue weighted by molar-refractivity contribution is 5.03. The molecular weight excluding hydrogens is 227 g/mol. The summed E-state index contributed by atoms with van der Waals surface area (Å²) in [6.07, 6.45) is 0.988. The summed E-state index contributed by atoms with van der Waals surface area (Å²) in [5.74, 6) is -0.417. The molecule has 2 rings (SSSR count). The minimum atomic E-state index is -1.09. The quantitative estimate of drug-likeness (QED) is 0.773. The number of hydrogen-bond acceptors (Lipinski definition) is 3. The Bertz CT molecular complexity index is 522. The fourth-order valence-corrected chi connectivity index (χ4v) is 2.32. The predicted molar refractivity (Wildman–Crippen MR) is 59.8 cm³/mol. The molecule has 0 aromatic carbocycles. The minimum absolute atomic E-state index is 0.205. The standard InChI is InChI=1S/C11H15FN2O3/c1-6-4-14(11(17)13-10(6)16)8-2-7(5-15)9(12)3-8/h4,7-9,15H,2-3,5H2,1H3,(H,13,16,17)/t7-,8-,9+/m0/s1. The van der Waals surface area contributed by atoms with Gasteiger partial charge in [-0.25, -0.2) is 9.18 Å². The molecule has 1 aliphatic carbocycles. The second-order valence-corrected chi connectivity index (χ2v) is 4.56. The second-order valence-electron chi connectivity index (χ2n) is 4.56. The van der Waals surface area contributed by atoms with Crippen LogP contribution < -0.4 is 11.2 Å². The number of halogens is 1. The van der Waals surface area contributed by atoms with Gasteiger partial charge in [-0.2, -0.15) is 0 Å². The second kappa shape index (κ2) is 4.44. The van der Waals surface area contributed by atoms with Crippen LogP contribution in [0, 0.1) is 12.8 Å². The third kappa shape index (κ3) is 2.17. The maximum absolute atomic E-state index is 13.5. The smallest absolute Gasteiger partial charge is 0.328 e. The van der Waals surface area contributed by atoms with Crippen molar-refractivity contribution < 1.29 is 9.50 Å². The summed E-state index contributed by atoms with van der Waals surface area (Å²) in [6.45, 7) is 1.38. The van der Waals surface area contributed by atoms with Crippen LogP contribution in [-0.4, -0.2) is 27.4 Å². The van der Waals surface area contributed by atoms with Gasteiger partial charge in [-0.1, -0.05) is 0 Å². The molecular formula is C11H15FN2O3. The summed E-state index contributed by atoms with van der Waals surface area (Å²) in [7, 11) is 0. The lowest BCUT2D eigenvalue weighted by Gasteiger charge is -2.13. The van der Waals surface area contributed by atoms with E-state index in [9.17, 15) is 14.0 Å². The van der Waals surface area contributed by atoms with Crippen LogP contribution in [0.3, 0.4) is 0 Å². The van der Waals surface area contributed by atoms with E-state index in [0.29, 0.717) is 12.0 Å². The largest absolute Gasteiger partial charge is 0.396 e. The molecule has 2 N–H and O–H groups in total. The molecule has 0 amide bonds. The fourth-order valence-electron chi connectivity index (χ4n) is 2.32. The molecule has 5 nitrogen and oxygen atoms in total. The monoisotopic (exact) mass is 242 g/mol. The molecule has 0 radical (unpaired) electrons. The molecule has 94 valence electrons. The zero-order valence-corrected chi connectivity index (χ0v) is 9.52. The molecule has 0 unspecified atom stereocenters. The minimum Gasteiger partial charge on any atom is -0.396 e. The highest BCUT2D eigenvalue weighted by Gasteiger charge is 2.35. The molecule has 1 saturated carbocycles. The van der Waals surface area contributed by atoms with Crippen LogP contribution in [-0.2, 0) is 0 Å². The Labute approximate surface area is 96.9 Å². The van der Waals surface area contributed by atoms with E-state index in [2.05, 4.69) is 4.98 Å². The van der Waals surface area contributed by atoms with Gasteiger partial charge in [-0.05, 0) is 19.8 Å². The third-order valence-corrected chi connectivity index (χ3v) is 3.36. The molecule has 3 atom stereocenters. The molecule has 1 fully saturated rings. The van der Waals surface area contributed by atoms with Crippen LogP contribution in [0.2, 0.25) is 0 Å². The topological polar surface area (TPSA) is 75.1 Å². The van der Waals surface area contributed by atoms with Gasteiger partial charge in [0.15, 0.2) is 0 Å². The molecule has 1 aromatic rings. The SMILES string of the molecule is Cc1cn([C@H]2C[C@@H](CO)[C@H](F)C2)c(=O)[nH]c1=O. The van der Waals surface area contributed by atoms with E-state index in [1.807, 2.05) is 0 Å². The number of H-pyrrole nitrogens is 1. The molecule has 0 bridgehead atoms. The van der Waals surface area contributed by atoms with E-state index in [4.69, 9.17) is 5.11 Å². The highest BCUT2D eigenvalue weighted by atomic mass is 19.1. The first kappa shape index (κ1) is 12.0. The Kier molecular flexibility index (Phi) is 3.15. The fraction of sp³-hybridized carbons (Fsp3) is 0.636. The van der Waals surface area contributed by atoms with Gasteiger partial charge in [0.2, 0.25) is 0 Å². The van der Waals surface area contributed by atoms with Gasteiger partial charge in [-0.3, -0.25) is 14.3 Å². The van der Waals surface area contributed by atoms with Gasteiger partial charge in [0, 0.05) is 30.3 Å². The Morgan fingerprint density at radius 1 is 1.53 bits per heavy atom. The summed E-state index contributed by atoms with van der Waals surface area (Å²) in [4.78, 5) is 25.0. The number of aryl methyl sites for hydroxylation is 1. The van der Waals surface area contributed by atoms with Crippen molar-refractivity contribution >= 4 is 0 Å². The van der Waals surface area contributed by atoms with Crippen LogP contribution in [0.15, 0.2) is 15.8 Å². The summed E-state index contributed by atoms with van der Waals surface area (Å²) >= 11 is 0. The summed E-state index contributed by atoms with van der Waals surface area (Å²) in [5, 5.41) is 8.98. The average molecular weight is 242 g/mol. The van der Waals surface area contributed by atoms with Crippen molar-refractivity contribution in [2.75, 3.05) is 6.61 Å². The first-order chi connectivity index (χ1) is 8.02. The molecule has 6 heteroatoms. The lowest BCUT2D eigenvalue weighted by Crippen LogP contribution is -2.32. The van der Waals surface area contributed by atoms with Crippen molar-refractivity contribution in [2.45, 2.75) is 32.0 Å². The lowest BCUT2D eigenvalue weighted by molar-refractivity contribution is 0.162. The van der Waals surface area contributed by atoms with Crippen molar-refractivity contribution in [3.8, 4) is 0 Å². The van der Waals surface area contributed by atoms with E-state index in [1.54, 1.807) is 6.92 Å². The molecule has 0 saturated heterocycles. The van der Waals surface area contributed by atoms with Crippen LogP contribution in [0.25, 0.3) is 0 Å². The number of rotatable bonds is 2. The average Bonchev–Trinajstić information content (AvgIpc) is 2.65. The molecule has 17 heavy (non-hydrogen) atoms. The number of aromatic nitrogens is 2. The molecule has 0 spiro atoms. The number of alkyl halides is 1. The van der Waals surface area contributed by atoms with Gasteiger partial charge in [-0.15, -0.1) is 0 Å². The number of aliphatic hydroxyl groups excluding tert-OH is 1. The maximum atomic E-state index is 13.5. The molecule has 1 aromatic heterocycles. The zero-order chi connectivity index (χ0) is 12.6. The van der Waals surface area contributed by atoms with E-state index in [0.717, 1.165) is 0 Å². The van der Waals surface area contributed by atoms with Gasteiger partial charge in [0.1, 0.15) is 6.17 Å². The summed E-state index contributed by atoms with van der Waals surface area (Å²) < 4.78 is 14.8. The van der Waals surface area contributed by atoms with Crippen LogP contribution in [0.1, 0.15) is 24.4 Å². The molecule has 0 aliphatic heterocycles. The Morgan fingerprint density at radius 3 is 2.82 bits per heavy atom. The van der Waals surface area contributed by atoms with Crippen molar-refractivity contribution in [3.63, 3.8) is 0 Å². The van der Waals surface area contributed by atoms with Crippen LogP contribution in [0.4, 0.5) is 4.39 Å². The Hall–Kier alpha value is -1.43. The van der Waals surface area contributed by atoms with Crippen molar-refractivity contribution in [1.29, 1.82) is 0 Å². The van der Waals surface area contributed by atoms with Gasteiger partial charge in [0.05, 0.1) is 0 Å². The zero-order valence-electron chi connectivity index (χ0n) is 9.52. The van der Waals surface area contributed by atoms with E-state index in [-0.39, 0.29) is 19.1 Å². The van der Waals surface area contributed by atoms with E-state index >= 15 is 0 Å². The first-order valence-electron chi connectivity index (χ1n) is 5.60. The van der Waals surface area contributed by atoms with Crippen LogP contribution in [0.5, 0.6) is 0 Å². The molecule has 1 aliphatic rings. The maximum Gasteiger partial charge on any atom is 0.328 e. The molecule has 1 heterocycles. The van der Waals surface area contributed by atoms with Crippen molar-refractivity contribution in [1.82, 2.24) is 9.55 Å². The number of aromatic amines is 1. The third-order valence-electron chi connectivity index (χ3n) is 3.36. The van der Waals surface area contributed by atoms with Gasteiger partial charge < -0.3 is 5.11 Å². The first-order valence-corrected chi connectivity index (χ1v) is 5.60. The van der Waals surface area contributed by atoms with Crippen LogP contribution >= 0.6 is 0 Å². The number of aliphatic hydroxyl groups is 1. The van der Waals surface area contributed by atoms with E-state index in [1.165, 1.54) is 10.8 Å². The number of hydrogen-bond donors (Lipinski definition) is 2. The normalized spacial score (nSPS) is 28.5. The van der Waals surface area contributed by atoms with Gasteiger partial charge >= 0.3 is 5.69 Å². The van der Waals surface area contributed by atoms with Crippen molar-refractivity contribution in [3.05, 3.63) is 32.6 Å². The Balaban J connectivity index is 2.34. The number of nitrogens with one attached hydrogen (secondary N) is 1. The highest BCUT2D eigenvalue weighted by Crippen LogP contribution is 2.35. The Morgan fingerprint density at radius 2 is 2.24 bits per heavy atom. The van der Waals surface area contributed by atoms with Crippen molar-refractivity contribution in [2.24, 2.45) is 5.92 Å². The summed E-state index contributed by atoms with van der Waals surface area (Å²) in [6, 6.07) is -0.287. The summed E-state index contributed by atoms with van der Waals surface area (Å²) in [5.41, 5.74) is -0.511. The number of nitrogens with zero attached hydrogens (tertiary/aromatic N) is 1. The lowest BCUT2D eigenvalue weighted by atomic mass is 10.1. The predicted octanol–water partition coefficient (Wildman–Crippen LogP) is 0.127. The van der Waals surface area contributed by atoms with Gasteiger partial charge in [0.25, 0.3) is 5.56 Å².